The molecule has 0 aromatic heterocycles. The Labute approximate surface area is 88.3 Å². The van der Waals surface area contributed by atoms with E-state index in [1.54, 1.807) is 0 Å². The quantitative estimate of drug-likeness (QED) is 0.678. The second-order valence-electron chi connectivity index (χ2n) is 3.14. The minimum absolute atomic E-state index is 0.0467. The van der Waals surface area contributed by atoms with E-state index >= 15 is 0 Å². The van der Waals surface area contributed by atoms with Crippen molar-refractivity contribution in [3.8, 4) is 0 Å². The fourth-order valence-electron chi connectivity index (χ4n) is 1.40. The first kappa shape index (κ1) is 10.9. The molecule has 4 heteroatoms. The van der Waals surface area contributed by atoms with Gasteiger partial charge in [-0.3, -0.25) is 0 Å². The Morgan fingerprint density at radius 1 is 1.50 bits per heavy atom. The van der Waals surface area contributed by atoms with Crippen LogP contribution in [0.2, 0.25) is 0 Å². The largest absolute Gasteiger partial charge is 0.375 e. The average Bonchev–Trinajstić information content (AvgIpc) is 2.28. The normalized spacial score (nSPS) is 34.0. The SMILES string of the molecule is CCCC1OC[C@@H](CCl)C1(Cl)Cl. The van der Waals surface area contributed by atoms with E-state index in [9.17, 15) is 0 Å². The van der Waals surface area contributed by atoms with Gasteiger partial charge >= 0.3 is 0 Å². The van der Waals surface area contributed by atoms with E-state index < -0.39 is 4.33 Å². The summed E-state index contributed by atoms with van der Waals surface area (Å²) in [5.41, 5.74) is 0. The zero-order valence-corrected chi connectivity index (χ0v) is 9.29. The predicted molar refractivity (Wildman–Crippen MR) is 53.3 cm³/mol. The van der Waals surface area contributed by atoms with E-state index in [0.29, 0.717) is 12.5 Å². The highest BCUT2D eigenvalue weighted by molar-refractivity contribution is 6.49. The second-order valence-corrected chi connectivity index (χ2v) is 4.89. The number of hydrogen-bond donors (Lipinski definition) is 0. The van der Waals surface area contributed by atoms with Gasteiger partial charge in [0, 0.05) is 11.8 Å². The zero-order valence-electron chi connectivity index (χ0n) is 7.03. The Bertz CT molecular complexity index is 149. The van der Waals surface area contributed by atoms with Crippen LogP contribution < -0.4 is 0 Å². The van der Waals surface area contributed by atoms with Crippen molar-refractivity contribution in [1.82, 2.24) is 0 Å². The Morgan fingerprint density at radius 2 is 2.17 bits per heavy atom. The molecule has 12 heavy (non-hydrogen) atoms. The third-order valence-corrected chi connectivity index (χ3v) is 3.69. The van der Waals surface area contributed by atoms with E-state index in [1.165, 1.54) is 0 Å². The van der Waals surface area contributed by atoms with E-state index in [0.717, 1.165) is 12.8 Å². The van der Waals surface area contributed by atoms with Gasteiger partial charge in [0.05, 0.1) is 12.7 Å². The molecule has 0 N–H and O–H groups in total. The van der Waals surface area contributed by atoms with Crippen LogP contribution in [-0.2, 0) is 4.74 Å². The minimum Gasteiger partial charge on any atom is -0.375 e. The Hall–Kier alpha value is 0.830. The molecule has 1 heterocycles. The Balaban J connectivity index is 2.57. The topological polar surface area (TPSA) is 9.23 Å². The highest BCUT2D eigenvalue weighted by Gasteiger charge is 2.47. The van der Waals surface area contributed by atoms with Crippen LogP contribution in [0.25, 0.3) is 0 Å². The standard InChI is InChI=1S/C8H13Cl3O/c1-2-3-7-8(10,11)6(4-9)5-12-7/h6-7H,2-5H2,1H3/t6-,7?/m1/s1. The average molecular weight is 232 g/mol. The van der Waals surface area contributed by atoms with E-state index in [-0.39, 0.29) is 12.0 Å². The molecule has 1 saturated heterocycles. The van der Waals surface area contributed by atoms with Crippen LogP contribution in [-0.4, -0.2) is 22.9 Å². The van der Waals surface area contributed by atoms with Gasteiger partial charge in [0.2, 0.25) is 0 Å². The molecule has 1 rings (SSSR count). The van der Waals surface area contributed by atoms with Crippen molar-refractivity contribution in [2.24, 2.45) is 5.92 Å². The third kappa shape index (κ3) is 2.01. The van der Waals surface area contributed by atoms with Gasteiger partial charge in [-0.15, -0.1) is 11.6 Å². The molecule has 1 nitrogen and oxygen atoms in total. The molecule has 0 aromatic rings. The fourth-order valence-corrected chi connectivity index (χ4v) is 2.52. The summed E-state index contributed by atoms with van der Waals surface area (Å²) in [6.45, 7) is 2.67. The monoisotopic (exact) mass is 230 g/mol. The molecular formula is C8H13Cl3O. The molecule has 72 valence electrons. The van der Waals surface area contributed by atoms with Crippen molar-refractivity contribution in [2.45, 2.75) is 30.2 Å². The van der Waals surface area contributed by atoms with Crippen LogP contribution in [0, 0.1) is 5.92 Å². The first-order valence-corrected chi connectivity index (χ1v) is 5.47. The van der Waals surface area contributed by atoms with Gasteiger partial charge in [0.25, 0.3) is 0 Å². The third-order valence-electron chi connectivity index (χ3n) is 2.21. The van der Waals surface area contributed by atoms with Crippen molar-refractivity contribution < 1.29 is 4.74 Å². The van der Waals surface area contributed by atoms with Crippen LogP contribution in [0.3, 0.4) is 0 Å². The summed E-state index contributed by atoms with van der Waals surface area (Å²) in [4.78, 5) is 0. The van der Waals surface area contributed by atoms with Crippen molar-refractivity contribution in [3.05, 3.63) is 0 Å². The summed E-state index contributed by atoms with van der Waals surface area (Å²) in [5, 5.41) is 0. The molecule has 0 bridgehead atoms. The van der Waals surface area contributed by atoms with Crippen LogP contribution in [0.4, 0.5) is 0 Å². The highest BCUT2D eigenvalue weighted by Crippen LogP contribution is 2.43. The number of alkyl halides is 3. The van der Waals surface area contributed by atoms with Gasteiger partial charge in [-0.25, -0.2) is 0 Å². The molecule has 2 atom stereocenters. The van der Waals surface area contributed by atoms with Gasteiger partial charge in [-0.1, -0.05) is 36.5 Å². The number of halogens is 3. The van der Waals surface area contributed by atoms with Crippen LogP contribution >= 0.6 is 34.8 Å². The second kappa shape index (κ2) is 4.36. The molecule has 1 aliphatic rings. The first-order chi connectivity index (χ1) is 5.62. The maximum absolute atomic E-state index is 6.13. The lowest BCUT2D eigenvalue weighted by Gasteiger charge is -2.24. The molecule has 0 spiro atoms. The van der Waals surface area contributed by atoms with Crippen molar-refractivity contribution in [3.63, 3.8) is 0 Å². The van der Waals surface area contributed by atoms with E-state index in [1.807, 2.05) is 0 Å². The van der Waals surface area contributed by atoms with Crippen molar-refractivity contribution >= 4 is 34.8 Å². The van der Waals surface area contributed by atoms with Gasteiger partial charge < -0.3 is 4.74 Å². The molecule has 0 saturated carbocycles. The molecule has 0 radical (unpaired) electrons. The maximum Gasteiger partial charge on any atom is 0.150 e. The maximum atomic E-state index is 6.13. The minimum atomic E-state index is -0.780. The predicted octanol–water partition coefficient (Wildman–Crippen LogP) is 3.21. The summed E-state index contributed by atoms with van der Waals surface area (Å²) in [7, 11) is 0. The lowest BCUT2D eigenvalue weighted by molar-refractivity contribution is 0.0978. The number of hydrogen-bond acceptors (Lipinski definition) is 1. The summed E-state index contributed by atoms with van der Waals surface area (Å²) in [5.74, 6) is 0.534. The van der Waals surface area contributed by atoms with Crippen LogP contribution in [0.5, 0.6) is 0 Å². The lowest BCUT2D eigenvalue weighted by Crippen LogP contribution is -2.32. The first-order valence-electron chi connectivity index (χ1n) is 4.18. The van der Waals surface area contributed by atoms with Gasteiger partial charge in [-0.2, -0.15) is 0 Å². The number of ether oxygens (including phenoxy) is 1. The molecule has 1 unspecified atom stereocenters. The molecular weight excluding hydrogens is 218 g/mol. The molecule has 0 aliphatic carbocycles. The smallest absolute Gasteiger partial charge is 0.150 e. The lowest BCUT2D eigenvalue weighted by atomic mass is 10.0. The summed E-state index contributed by atoms with van der Waals surface area (Å²) in [6.07, 6.45) is 1.89. The van der Waals surface area contributed by atoms with Crippen LogP contribution in [0.1, 0.15) is 19.8 Å². The van der Waals surface area contributed by atoms with Crippen LogP contribution in [0.15, 0.2) is 0 Å². The van der Waals surface area contributed by atoms with E-state index in [4.69, 9.17) is 39.5 Å². The summed E-state index contributed by atoms with van der Waals surface area (Å²) < 4.78 is 4.68. The number of rotatable bonds is 3. The summed E-state index contributed by atoms with van der Waals surface area (Å²) in [6, 6.07) is 0. The Kier molecular flexibility index (Phi) is 3.97. The molecule has 1 fully saturated rings. The van der Waals surface area contributed by atoms with E-state index in [2.05, 4.69) is 6.92 Å². The summed E-state index contributed by atoms with van der Waals surface area (Å²) >= 11 is 18.0. The zero-order chi connectivity index (χ0) is 9.19. The Morgan fingerprint density at radius 3 is 2.58 bits per heavy atom. The molecule has 0 amide bonds. The highest BCUT2D eigenvalue weighted by atomic mass is 35.5. The fraction of sp³-hybridized carbons (Fsp3) is 1.00. The molecule has 0 aromatic carbocycles. The van der Waals surface area contributed by atoms with Gasteiger partial charge in [0.1, 0.15) is 4.33 Å². The van der Waals surface area contributed by atoms with Gasteiger partial charge in [0.15, 0.2) is 0 Å². The van der Waals surface area contributed by atoms with Crippen molar-refractivity contribution in [2.75, 3.05) is 12.5 Å². The van der Waals surface area contributed by atoms with Crippen molar-refractivity contribution in [1.29, 1.82) is 0 Å². The molecule has 1 aliphatic heterocycles. The van der Waals surface area contributed by atoms with Gasteiger partial charge in [-0.05, 0) is 6.42 Å².